The molecule has 13 aromatic rings. The van der Waals surface area contributed by atoms with Crippen molar-refractivity contribution in [2.24, 2.45) is 60.7 Å². The number of fused-ring (bicyclic) bond motifs is 2. The minimum absolute atomic E-state index is 0.115. The highest BCUT2D eigenvalue weighted by molar-refractivity contribution is 7.98. The van der Waals surface area contributed by atoms with Crippen LogP contribution in [0.3, 0.4) is 0 Å². The highest BCUT2D eigenvalue weighted by Crippen LogP contribution is 2.40. The van der Waals surface area contributed by atoms with Crippen LogP contribution in [0.15, 0.2) is 171 Å². The summed E-state index contributed by atoms with van der Waals surface area (Å²) in [5, 5.41) is 38.0. The number of nitrogens with two attached hydrogens (primary N) is 1. The SMILES string of the molecule is CSc1ncc2c(N=Nc3c(-c4ccccc4)nc(NS(=O)(=O)c4ccccc4)n3C)snc2n1.Cc1[nH]c(=O)sc1N=Nc1snc2ncccc12.[C-]#[N+]C([N+]#[C-])c1nc(N=Nc2snc(C)c2C(N)=O)c(-c2ccccc2)[nH]1.[C-]#[N+]c1c(C)nsc1N=Nc1c(C)nc(NS(C)(=O)=O)n1C. The van der Waals surface area contributed by atoms with Crippen LogP contribution in [0.5, 0.6) is 0 Å². The quantitative estimate of drug-likeness (QED) is 0.0230. The molecule has 0 aliphatic heterocycles. The van der Waals surface area contributed by atoms with Crippen molar-refractivity contribution in [3.8, 4) is 22.5 Å². The number of hydrogen-bond donors (Lipinski definition) is 5. The lowest BCUT2D eigenvalue weighted by Gasteiger charge is -2.07. The maximum atomic E-state index is 12.9. The van der Waals surface area contributed by atoms with Crippen molar-refractivity contribution in [2.75, 3.05) is 22.0 Å². The molecule has 0 atom stereocenters. The van der Waals surface area contributed by atoms with Crippen LogP contribution >= 0.6 is 69.2 Å². The van der Waals surface area contributed by atoms with Gasteiger partial charge in [-0.05, 0) is 104 Å². The standard InChI is InChI=1S/C22H18N8O2S3.C17H12N8OS.C11H13N7O2S2.C10H7N5OS2/c1-30-19(26-27-20-16-13-23-22(33-2)25-18(16)28-34-20)17(14-9-5-3-6-10-14)24-21(30)29-35(31,32)15-11-7-4-8-12-15;1-9-11(13(18)26)17(27-25-9)24-23-14-12(10-7-5-4-6-8-10)21-16(22-14)15(19-2)20-3;1-6-8(12-3)10(21-16-6)15-14-9-7(2)13-11(18(9)4)17-22(5,19)20;1-5-8(17-10(16)12-5)13-14-9-6-3-2-4-11-7(6)15-18-9/h3-13H,1-2H3,(H,24,29);4-8,15H,1H3,(H2,18,26)(H,21,22);1-2,4-5H3,(H,13,17);2-4H,1H3,(H,12,16). The highest BCUT2D eigenvalue weighted by atomic mass is 32.2. The zero-order chi connectivity index (χ0) is 72.8. The molecule has 10 heterocycles. The average Bonchev–Trinajstić information content (AvgIpc) is 1.63. The lowest BCUT2D eigenvalue weighted by molar-refractivity contribution is 0.100. The van der Waals surface area contributed by atoms with E-state index < -0.39 is 32.1 Å². The van der Waals surface area contributed by atoms with Crippen molar-refractivity contribution >= 4 is 177 Å². The van der Waals surface area contributed by atoms with Crippen LogP contribution in [-0.2, 0) is 34.1 Å². The number of pyridine rings is 1. The second kappa shape index (κ2) is 32.5. The largest absolute Gasteiger partial charge is 0.534 e. The third kappa shape index (κ3) is 17.4. The zero-order valence-corrected chi connectivity index (χ0v) is 60.7. The number of nitrogens with one attached hydrogen (secondary N) is 4. The van der Waals surface area contributed by atoms with Gasteiger partial charge in [0.1, 0.15) is 11.3 Å². The molecular formula is C60H50N28O6S8. The molecule has 10 aromatic heterocycles. The first kappa shape index (κ1) is 72.9. The van der Waals surface area contributed by atoms with Gasteiger partial charge in [-0.15, -0.1) is 40.9 Å². The zero-order valence-electron chi connectivity index (χ0n) is 54.1. The number of H-pyrrole nitrogens is 2. The number of hydrogen-bond acceptors (Lipinski definition) is 30. The van der Waals surface area contributed by atoms with Crippen LogP contribution in [-0.4, -0.2) is 102 Å². The van der Waals surface area contributed by atoms with E-state index in [1.165, 1.54) is 40.0 Å². The summed E-state index contributed by atoms with van der Waals surface area (Å²) >= 11 is 6.95. The predicted octanol–water partition coefficient (Wildman–Crippen LogP) is 15.6. The van der Waals surface area contributed by atoms with Crippen LogP contribution in [0.25, 0.3) is 59.1 Å². The number of azo groups is 4. The Morgan fingerprint density at radius 1 is 0.618 bits per heavy atom. The van der Waals surface area contributed by atoms with Crippen LogP contribution in [0.4, 0.5) is 60.0 Å². The van der Waals surface area contributed by atoms with Gasteiger partial charge in [0.05, 0.1) is 57.0 Å². The summed E-state index contributed by atoms with van der Waals surface area (Å²) in [6.45, 7) is 28.2. The van der Waals surface area contributed by atoms with Gasteiger partial charge >= 0.3 is 11.0 Å². The predicted molar refractivity (Wildman–Crippen MR) is 392 cm³/mol. The average molecular weight is 1520 g/mol. The molecule has 514 valence electrons. The number of rotatable bonds is 18. The second-order valence-corrected chi connectivity index (χ2v) is 28.8. The number of carbonyl (C=O) groups excluding carboxylic acids is 1. The fraction of sp³-hybridized carbons (Fsp3) is 0.150. The van der Waals surface area contributed by atoms with Crippen molar-refractivity contribution in [2.45, 2.75) is 43.9 Å². The fourth-order valence-electron chi connectivity index (χ4n) is 8.67. The molecule has 0 saturated heterocycles. The Labute approximate surface area is 603 Å². The van der Waals surface area contributed by atoms with E-state index in [2.05, 4.69) is 122 Å². The number of aromatic nitrogens is 14. The van der Waals surface area contributed by atoms with E-state index in [-0.39, 0.29) is 43.9 Å². The van der Waals surface area contributed by atoms with Crippen molar-refractivity contribution in [1.82, 2.24) is 66.5 Å². The molecule has 1 amide bonds. The maximum Gasteiger partial charge on any atom is 0.534 e. The van der Waals surface area contributed by atoms with Gasteiger partial charge < -0.3 is 15.7 Å². The topological polar surface area (TPSA) is 435 Å². The number of nitrogens with zero attached hydrogens (tertiary/aromatic N) is 23. The number of aromatic amines is 2. The summed E-state index contributed by atoms with van der Waals surface area (Å²) in [5.41, 5.74) is 12.0. The first-order chi connectivity index (χ1) is 49.0. The van der Waals surface area contributed by atoms with E-state index in [1.54, 1.807) is 77.0 Å². The number of carbonyl (C=O) groups is 1. The number of sulfonamides is 2. The maximum absolute atomic E-state index is 12.9. The lowest BCUT2D eigenvalue weighted by Crippen LogP contribution is -2.15. The Balaban J connectivity index is 0.000000151. The van der Waals surface area contributed by atoms with Gasteiger partial charge in [0.15, 0.2) is 53.1 Å². The Morgan fingerprint density at radius 2 is 1.20 bits per heavy atom. The van der Waals surface area contributed by atoms with Gasteiger partial charge in [-0.1, -0.05) is 102 Å². The van der Waals surface area contributed by atoms with Gasteiger partial charge in [0.25, 0.3) is 21.8 Å². The molecule has 0 spiro atoms. The number of benzene rings is 3. The molecule has 0 unspecified atom stereocenters. The number of imidazole rings is 3. The van der Waals surface area contributed by atoms with E-state index in [1.807, 2.05) is 79.1 Å². The number of anilines is 2. The Bertz CT molecular complexity index is 5780. The number of thiazole rings is 1. The number of primary amides is 1. The van der Waals surface area contributed by atoms with Crippen molar-refractivity contribution in [3.05, 3.63) is 194 Å². The number of thioether (sulfide) groups is 1. The Morgan fingerprint density at radius 3 is 1.84 bits per heavy atom. The molecule has 102 heavy (non-hydrogen) atoms. The molecule has 0 aliphatic rings. The molecule has 0 fully saturated rings. The van der Waals surface area contributed by atoms with Crippen molar-refractivity contribution in [3.63, 3.8) is 0 Å². The van der Waals surface area contributed by atoms with Gasteiger partial charge in [-0.2, -0.15) is 18.1 Å². The first-order valence-electron chi connectivity index (χ1n) is 28.9. The lowest BCUT2D eigenvalue weighted by atomic mass is 10.1. The van der Waals surface area contributed by atoms with Gasteiger partial charge in [0, 0.05) is 37.6 Å². The Kier molecular flexibility index (Phi) is 23.2. The summed E-state index contributed by atoms with van der Waals surface area (Å²) in [6, 6.07) is 30.4. The third-order valence-corrected chi connectivity index (χ3v) is 20.0. The molecule has 42 heteroatoms. The summed E-state index contributed by atoms with van der Waals surface area (Å²) in [6.07, 6.45) is 5.20. The molecule has 0 bridgehead atoms. The molecule has 0 saturated carbocycles. The molecule has 34 nitrogen and oxygen atoms in total. The van der Waals surface area contributed by atoms with Crippen LogP contribution in [0.2, 0.25) is 0 Å². The fourth-order valence-corrected chi connectivity index (χ4v) is 13.9. The minimum Gasteiger partial charge on any atom is -0.365 e. The van der Waals surface area contributed by atoms with Crippen molar-refractivity contribution in [1.29, 1.82) is 0 Å². The number of aryl methyl sites for hydroxylation is 4. The molecule has 0 radical (unpaired) electrons. The van der Waals surface area contributed by atoms with Gasteiger partial charge in [0.2, 0.25) is 33.4 Å². The normalized spacial score (nSPS) is 11.5. The van der Waals surface area contributed by atoms with E-state index >= 15 is 0 Å². The highest BCUT2D eigenvalue weighted by Gasteiger charge is 2.28. The summed E-state index contributed by atoms with van der Waals surface area (Å²) in [5.74, 6) is 0.794. The van der Waals surface area contributed by atoms with Crippen LogP contribution in [0.1, 0.15) is 45.1 Å². The van der Waals surface area contributed by atoms with E-state index in [9.17, 15) is 26.4 Å². The molecule has 6 N–H and O–H groups in total. The first-order valence-corrected chi connectivity index (χ1v) is 37.4. The monoisotopic (exact) mass is 1510 g/mol. The number of amides is 1. The summed E-state index contributed by atoms with van der Waals surface area (Å²) < 4.78 is 72.9. The minimum atomic E-state index is -3.85. The summed E-state index contributed by atoms with van der Waals surface area (Å²) in [4.78, 5) is 63.9. The summed E-state index contributed by atoms with van der Waals surface area (Å²) in [7, 11) is -3.98. The molecule has 0 aliphatic carbocycles. The second-order valence-electron chi connectivity index (χ2n) is 20.6. The van der Waals surface area contributed by atoms with Gasteiger partial charge in [-0.25, -0.2) is 78.5 Å². The third-order valence-electron chi connectivity index (χ3n) is 13.5. The van der Waals surface area contributed by atoms with Crippen LogP contribution in [0, 0.1) is 47.4 Å². The van der Waals surface area contributed by atoms with E-state index in [0.717, 1.165) is 74.4 Å². The van der Waals surface area contributed by atoms with Crippen molar-refractivity contribution < 1.29 is 21.6 Å². The van der Waals surface area contributed by atoms with Crippen LogP contribution < -0.4 is 20.1 Å². The molecule has 3 aromatic carbocycles. The molecule has 13 rings (SSSR count). The smallest absolute Gasteiger partial charge is 0.365 e. The van der Waals surface area contributed by atoms with Gasteiger partial charge in [-0.3, -0.25) is 23.4 Å². The van der Waals surface area contributed by atoms with E-state index in [4.69, 9.17) is 25.5 Å². The Hall–Kier alpha value is -11.8. The molecular weight excluding hydrogens is 1470 g/mol. The van der Waals surface area contributed by atoms with E-state index in [0.29, 0.717) is 87.6 Å².